The van der Waals surface area contributed by atoms with E-state index in [4.69, 9.17) is 0 Å². The van der Waals surface area contributed by atoms with Gasteiger partial charge in [0.05, 0.1) is 0 Å². The number of anilines is 4. The summed E-state index contributed by atoms with van der Waals surface area (Å²) in [7, 11) is 0. The Kier molecular flexibility index (Phi) is 4.92. The van der Waals surface area contributed by atoms with Gasteiger partial charge in [0.2, 0.25) is 0 Å². The van der Waals surface area contributed by atoms with E-state index in [-0.39, 0.29) is 0 Å². The Morgan fingerprint density at radius 2 is 1.44 bits per heavy atom. The third-order valence-electron chi connectivity index (χ3n) is 4.87. The van der Waals surface area contributed by atoms with Crippen LogP contribution in [0.4, 0.5) is 23.0 Å². The van der Waals surface area contributed by atoms with E-state index in [9.17, 15) is 0 Å². The van der Waals surface area contributed by atoms with Gasteiger partial charge in [-0.25, -0.2) is 9.97 Å². The van der Waals surface area contributed by atoms with Gasteiger partial charge in [0, 0.05) is 43.6 Å². The average molecular weight is 359 g/mol. The van der Waals surface area contributed by atoms with Gasteiger partial charge in [-0.15, -0.1) is 0 Å². The van der Waals surface area contributed by atoms with Crippen molar-refractivity contribution in [2.45, 2.75) is 13.8 Å². The van der Waals surface area contributed by atoms with Gasteiger partial charge in [0.1, 0.15) is 18.0 Å². The Labute approximate surface area is 160 Å². The summed E-state index contributed by atoms with van der Waals surface area (Å²) in [5.74, 6) is 1.81. The highest BCUT2D eigenvalue weighted by Crippen LogP contribution is 2.22. The lowest BCUT2D eigenvalue weighted by molar-refractivity contribution is 0.647. The number of rotatable bonds is 4. The first-order chi connectivity index (χ1) is 13.2. The summed E-state index contributed by atoms with van der Waals surface area (Å²) in [5, 5.41) is 3.41. The number of nitrogens with zero attached hydrogens (tertiary/aromatic N) is 4. The van der Waals surface area contributed by atoms with E-state index in [1.165, 1.54) is 16.8 Å². The third kappa shape index (κ3) is 4.19. The quantitative estimate of drug-likeness (QED) is 0.758. The van der Waals surface area contributed by atoms with Crippen LogP contribution in [-0.4, -0.2) is 36.1 Å². The van der Waals surface area contributed by atoms with E-state index >= 15 is 0 Å². The van der Waals surface area contributed by atoms with Crippen molar-refractivity contribution in [3.05, 3.63) is 72.1 Å². The maximum absolute atomic E-state index is 4.49. The number of hydrogen-bond donors (Lipinski definition) is 1. The second-order valence-corrected chi connectivity index (χ2v) is 7.07. The van der Waals surface area contributed by atoms with Crippen molar-refractivity contribution in [3.8, 4) is 0 Å². The van der Waals surface area contributed by atoms with Crippen LogP contribution in [-0.2, 0) is 0 Å². The minimum Gasteiger partial charge on any atom is -0.368 e. The molecule has 4 rings (SSSR count). The lowest BCUT2D eigenvalue weighted by Crippen LogP contribution is -2.46. The normalized spacial score (nSPS) is 14.3. The minimum absolute atomic E-state index is 0.829. The molecular weight excluding hydrogens is 334 g/mol. The Bertz CT molecular complexity index is 881. The molecule has 5 heteroatoms. The van der Waals surface area contributed by atoms with Gasteiger partial charge < -0.3 is 15.1 Å². The van der Waals surface area contributed by atoms with Crippen molar-refractivity contribution in [2.24, 2.45) is 0 Å². The van der Waals surface area contributed by atoms with Crippen LogP contribution >= 0.6 is 0 Å². The Balaban J connectivity index is 1.44. The summed E-state index contributed by atoms with van der Waals surface area (Å²) in [5.41, 5.74) is 4.83. The summed E-state index contributed by atoms with van der Waals surface area (Å²) in [6, 6.07) is 19.1. The maximum atomic E-state index is 4.49. The molecule has 0 unspecified atom stereocenters. The number of aromatic nitrogens is 2. The molecule has 2 heterocycles. The van der Waals surface area contributed by atoms with Crippen LogP contribution in [0.15, 0.2) is 60.9 Å². The monoisotopic (exact) mass is 359 g/mol. The van der Waals surface area contributed by atoms with Crippen LogP contribution in [0.3, 0.4) is 0 Å². The van der Waals surface area contributed by atoms with Gasteiger partial charge in [-0.2, -0.15) is 0 Å². The molecule has 0 spiro atoms. The SMILES string of the molecule is Cc1cc(C)cc(Nc2cc(N3CCN(c4ccccc4)CC3)ncn2)c1. The molecule has 1 saturated heterocycles. The zero-order chi connectivity index (χ0) is 18.6. The molecule has 0 amide bonds. The standard InChI is InChI=1S/C22H25N5/c1-17-12-18(2)14-19(13-17)25-21-15-22(24-16-23-21)27-10-8-26(9-11-27)20-6-4-3-5-7-20/h3-7,12-16H,8-11H2,1-2H3,(H,23,24,25). The molecule has 1 aromatic heterocycles. The number of para-hydroxylation sites is 1. The van der Waals surface area contributed by atoms with Gasteiger partial charge >= 0.3 is 0 Å². The second kappa shape index (κ2) is 7.66. The fraction of sp³-hybridized carbons (Fsp3) is 0.273. The van der Waals surface area contributed by atoms with Crippen molar-refractivity contribution >= 4 is 23.0 Å². The summed E-state index contributed by atoms with van der Waals surface area (Å²) in [4.78, 5) is 13.6. The summed E-state index contributed by atoms with van der Waals surface area (Å²) < 4.78 is 0. The molecule has 0 saturated carbocycles. The van der Waals surface area contributed by atoms with E-state index in [1.807, 2.05) is 6.07 Å². The van der Waals surface area contributed by atoms with Crippen LogP contribution in [0.25, 0.3) is 0 Å². The Morgan fingerprint density at radius 3 is 2.15 bits per heavy atom. The maximum Gasteiger partial charge on any atom is 0.135 e. The van der Waals surface area contributed by atoms with Crippen LogP contribution < -0.4 is 15.1 Å². The molecular formula is C22H25N5. The zero-order valence-electron chi connectivity index (χ0n) is 15.9. The van der Waals surface area contributed by atoms with E-state index in [0.717, 1.165) is 43.5 Å². The van der Waals surface area contributed by atoms with Crippen molar-refractivity contribution in [1.29, 1.82) is 0 Å². The smallest absolute Gasteiger partial charge is 0.135 e. The number of benzene rings is 2. The minimum atomic E-state index is 0.829. The lowest BCUT2D eigenvalue weighted by Gasteiger charge is -2.36. The molecule has 1 aliphatic heterocycles. The molecule has 0 radical (unpaired) electrons. The number of nitrogens with one attached hydrogen (secondary N) is 1. The van der Waals surface area contributed by atoms with Crippen molar-refractivity contribution < 1.29 is 0 Å². The van der Waals surface area contributed by atoms with E-state index < -0.39 is 0 Å². The molecule has 27 heavy (non-hydrogen) atoms. The van der Waals surface area contributed by atoms with Crippen LogP contribution in [0.1, 0.15) is 11.1 Å². The molecule has 138 valence electrons. The predicted octanol–water partition coefficient (Wildman–Crippen LogP) is 4.16. The van der Waals surface area contributed by atoms with E-state index in [0.29, 0.717) is 0 Å². The van der Waals surface area contributed by atoms with Gasteiger partial charge in [-0.1, -0.05) is 24.3 Å². The Morgan fingerprint density at radius 1 is 0.778 bits per heavy atom. The van der Waals surface area contributed by atoms with Crippen molar-refractivity contribution in [3.63, 3.8) is 0 Å². The van der Waals surface area contributed by atoms with Crippen molar-refractivity contribution in [2.75, 3.05) is 41.3 Å². The first kappa shape index (κ1) is 17.3. The van der Waals surface area contributed by atoms with Crippen molar-refractivity contribution in [1.82, 2.24) is 9.97 Å². The van der Waals surface area contributed by atoms with E-state index in [1.54, 1.807) is 6.33 Å². The highest BCUT2D eigenvalue weighted by molar-refractivity contribution is 5.61. The second-order valence-electron chi connectivity index (χ2n) is 7.07. The molecule has 0 bridgehead atoms. The molecule has 0 atom stereocenters. The van der Waals surface area contributed by atoms with Gasteiger partial charge in [-0.3, -0.25) is 0 Å². The van der Waals surface area contributed by atoms with Gasteiger partial charge in [0.15, 0.2) is 0 Å². The molecule has 3 aromatic rings. The lowest BCUT2D eigenvalue weighted by atomic mass is 10.1. The summed E-state index contributed by atoms with van der Waals surface area (Å²) in [6.45, 7) is 8.11. The number of piperazine rings is 1. The summed E-state index contributed by atoms with van der Waals surface area (Å²) in [6.07, 6.45) is 1.64. The molecule has 1 fully saturated rings. The van der Waals surface area contributed by atoms with Gasteiger partial charge in [-0.05, 0) is 49.2 Å². The fourth-order valence-corrected chi connectivity index (χ4v) is 3.62. The summed E-state index contributed by atoms with van der Waals surface area (Å²) >= 11 is 0. The fourth-order valence-electron chi connectivity index (χ4n) is 3.62. The van der Waals surface area contributed by atoms with E-state index in [2.05, 4.69) is 87.5 Å². The van der Waals surface area contributed by atoms with Gasteiger partial charge in [0.25, 0.3) is 0 Å². The van der Waals surface area contributed by atoms with Crippen LogP contribution in [0.5, 0.6) is 0 Å². The zero-order valence-corrected chi connectivity index (χ0v) is 15.9. The van der Waals surface area contributed by atoms with Crippen LogP contribution in [0.2, 0.25) is 0 Å². The molecule has 0 aliphatic carbocycles. The van der Waals surface area contributed by atoms with Crippen LogP contribution in [0, 0.1) is 13.8 Å². The first-order valence-electron chi connectivity index (χ1n) is 9.40. The highest BCUT2D eigenvalue weighted by atomic mass is 15.3. The highest BCUT2D eigenvalue weighted by Gasteiger charge is 2.18. The predicted molar refractivity (Wildman–Crippen MR) is 112 cm³/mol. The first-order valence-corrected chi connectivity index (χ1v) is 9.40. The Hall–Kier alpha value is -3.08. The topological polar surface area (TPSA) is 44.3 Å². The average Bonchev–Trinajstić information content (AvgIpc) is 2.68. The number of aryl methyl sites for hydroxylation is 2. The molecule has 2 aromatic carbocycles. The largest absolute Gasteiger partial charge is 0.368 e. The molecule has 1 N–H and O–H groups in total. The third-order valence-corrected chi connectivity index (χ3v) is 4.87. The number of hydrogen-bond acceptors (Lipinski definition) is 5. The molecule has 5 nitrogen and oxygen atoms in total. The molecule has 1 aliphatic rings.